The van der Waals surface area contributed by atoms with Gasteiger partial charge in [0, 0.05) is 18.6 Å². The molecular weight excluding hydrogens is 288 g/mol. The highest BCUT2D eigenvalue weighted by molar-refractivity contribution is 7.91. The van der Waals surface area contributed by atoms with E-state index < -0.39 is 9.84 Å². The van der Waals surface area contributed by atoms with Crippen LogP contribution in [0.3, 0.4) is 0 Å². The van der Waals surface area contributed by atoms with Gasteiger partial charge < -0.3 is 10.2 Å². The molecule has 1 unspecified atom stereocenters. The summed E-state index contributed by atoms with van der Waals surface area (Å²) in [5, 5.41) is 3.12. The number of sulfone groups is 1. The Labute approximate surface area is 128 Å². The van der Waals surface area contributed by atoms with Crippen LogP contribution < -0.4 is 5.32 Å². The van der Waals surface area contributed by atoms with Crippen LogP contribution in [0, 0.1) is 0 Å². The fraction of sp³-hybridized carbons (Fsp3) is 0.933. The quantitative estimate of drug-likeness (QED) is 0.846. The molecule has 2 aliphatic rings. The first-order valence-corrected chi connectivity index (χ1v) is 10.1. The van der Waals surface area contributed by atoms with E-state index in [1.165, 1.54) is 19.3 Å². The molecule has 1 saturated heterocycles. The van der Waals surface area contributed by atoms with Crippen LogP contribution in [0.2, 0.25) is 0 Å². The van der Waals surface area contributed by atoms with E-state index in [1.54, 1.807) is 4.90 Å². The van der Waals surface area contributed by atoms with Crippen molar-refractivity contribution in [2.45, 2.75) is 70.4 Å². The molecule has 1 aliphatic heterocycles. The minimum absolute atomic E-state index is 0.0579. The van der Waals surface area contributed by atoms with E-state index in [-0.39, 0.29) is 29.6 Å². The van der Waals surface area contributed by atoms with Crippen molar-refractivity contribution >= 4 is 15.9 Å². The monoisotopic (exact) mass is 316 g/mol. The third-order valence-electron chi connectivity index (χ3n) is 4.60. The summed E-state index contributed by atoms with van der Waals surface area (Å²) in [6.45, 7) is 2.75. The van der Waals surface area contributed by atoms with Gasteiger partial charge in [0.15, 0.2) is 9.84 Å². The SMILES string of the molecule is CCCCN(C(=O)NC1CCCCC1)C1CCS(=O)(=O)C1. The largest absolute Gasteiger partial charge is 0.335 e. The molecule has 0 aromatic heterocycles. The second kappa shape index (κ2) is 7.47. The lowest BCUT2D eigenvalue weighted by atomic mass is 9.96. The summed E-state index contributed by atoms with van der Waals surface area (Å²) in [6.07, 6.45) is 8.24. The Kier molecular flexibility index (Phi) is 5.90. The molecule has 0 spiro atoms. The summed E-state index contributed by atoms with van der Waals surface area (Å²) in [6, 6.07) is 0.0796. The number of amides is 2. The number of unbranched alkanes of at least 4 members (excludes halogenated alkanes) is 1. The van der Waals surface area contributed by atoms with Crippen LogP contribution in [0.25, 0.3) is 0 Å². The highest BCUT2D eigenvalue weighted by atomic mass is 32.2. The molecule has 0 radical (unpaired) electrons. The molecule has 0 bridgehead atoms. The third-order valence-corrected chi connectivity index (χ3v) is 6.35. The number of urea groups is 1. The van der Waals surface area contributed by atoms with Gasteiger partial charge in [0.1, 0.15) is 0 Å². The maximum absolute atomic E-state index is 12.5. The van der Waals surface area contributed by atoms with Crippen LogP contribution in [0.1, 0.15) is 58.3 Å². The maximum Gasteiger partial charge on any atom is 0.317 e. The molecule has 2 fully saturated rings. The highest BCUT2D eigenvalue weighted by Gasteiger charge is 2.34. The van der Waals surface area contributed by atoms with Gasteiger partial charge in [-0.15, -0.1) is 0 Å². The molecule has 122 valence electrons. The van der Waals surface area contributed by atoms with Crippen molar-refractivity contribution in [2.75, 3.05) is 18.1 Å². The Morgan fingerprint density at radius 1 is 1.19 bits per heavy atom. The van der Waals surface area contributed by atoms with Crippen LogP contribution >= 0.6 is 0 Å². The standard InChI is InChI=1S/C15H28N2O3S/c1-2-3-10-17(14-9-11-21(19,20)12-14)15(18)16-13-7-5-4-6-8-13/h13-14H,2-12H2,1H3,(H,16,18). The molecule has 6 heteroatoms. The number of rotatable bonds is 5. The first kappa shape index (κ1) is 16.6. The fourth-order valence-corrected chi connectivity index (χ4v) is 5.03. The molecule has 1 heterocycles. The summed E-state index contributed by atoms with van der Waals surface area (Å²) < 4.78 is 23.3. The molecule has 21 heavy (non-hydrogen) atoms. The first-order valence-electron chi connectivity index (χ1n) is 8.29. The topological polar surface area (TPSA) is 66.5 Å². The van der Waals surface area contributed by atoms with E-state index in [0.717, 1.165) is 25.7 Å². The smallest absolute Gasteiger partial charge is 0.317 e. The number of carbonyl (C=O) groups is 1. The second-order valence-corrected chi connectivity index (χ2v) is 8.62. The lowest BCUT2D eigenvalue weighted by molar-refractivity contribution is 0.172. The zero-order valence-corrected chi connectivity index (χ0v) is 13.8. The minimum atomic E-state index is -2.95. The zero-order chi connectivity index (χ0) is 15.3. The molecule has 1 aliphatic carbocycles. The van der Waals surface area contributed by atoms with Crippen LogP contribution in [-0.2, 0) is 9.84 Å². The highest BCUT2D eigenvalue weighted by Crippen LogP contribution is 2.21. The summed E-state index contributed by atoms with van der Waals surface area (Å²) >= 11 is 0. The van der Waals surface area contributed by atoms with E-state index in [4.69, 9.17) is 0 Å². The predicted octanol–water partition coefficient (Wildman–Crippen LogP) is 2.32. The van der Waals surface area contributed by atoms with Gasteiger partial charge in [-0.3, -0.25) is 0 Å². The van der Waals surface area contributed by atoms with E-state index in [2.05, 4.69) is 12.2 Å². The molecule has 1 saturated carbocycles. The van der Waals surface area contributed by atoms with E-state index in [9.17, 15) is 13.2 Å². The summed E-state index contributed by atoms with van der Waals surface area (Å²) in [5.74, 6) is 0.353. The van der Waals surface area contributed by atoms with Crippen molar-refractivity contribution in [2.24, 2.45) is 0 Å². The van der Waals surface area contributed by atoms with Gasteiger partial charge in [-0.1, -0.05) is 32.6 Å². The molecule has 2 amide bonds. The third kappa shape index (κ3) is 4.87. The molecule has 1 N–H and O–H groups in total. The van der Waals surface area contributed by atoms with E-state index in [0.29, 0.717) is 13.0 Å². The summed E-state index contributed by atoms with van der Waals surface area (Å²) in [4.78, 5) is 14.3. The van der Waals surface area contributed by atoms with Gasteiger partial charge in [-0.05, 0) is 25.7 Å². The maximum atomic E-state index is 12.5. The summed E-state index contributed by atoms with van der Waals surface area (Å²) in [5.41, 5.74) is 0. The average molecular weight is 316 g/mol. The molecule has 0 aromatic carbocycles. The average Bonchev–Trinajstić information content (AvgIpc) is 2.80. The lowest BCUT2D eigenvalue weighted by Crippen LogP contribution is -2.50. The Balaban J connectivity index is 1.95. The normalized spacial score (nSPS) is 25.7. The number of carbonyl (C=O) groups excluding carboxylic acids is 1. The number of hydrogen-bond donors (Lipinski definition) is 1. The van der Waals surface area contributed by atoms with Gasteiger partial charge in [0.2, 0.25) is 0 Å². The predicted molar refractivity (Wildman–Crippen MR) is 84.1 cm³/mol. The van der Waals surface area contributed by atoms with Gasteiger partial charge in [0.05, 0.1) is 11.5 Å². The van der Waals surface area contributed by atoms with Gasteiger partial charge >= 0.3 is 6.03 Å². The second-order valence-electron chi connectivity index (χ2n) is 6.39. The van der Waals surface area contributed by atoms with Crippen molar-refractivity contribution in [1.29, 1.82) is 0 Å². The van der Waals surface area contributed by atoms with Gasteiger partial charge in [0.25, 0.3) is 0 Å². The molecular formula is C15H28N2O3S. The Hall–Kier alpha value is -0.780. The fourth-order valence-electron chi connectivity index (χ4n) is 3.30. The Morgan fingerprint density at radius 2 is 1.90 bits per heavy atom. The van der Waals surface area contributed by atoms with Crippen molar-refractivity contribution < 1.29 is 13.2 Å². The Morgan fingerprint density at radius 3 is 2.48 bits per heavy atom. The molecule has 2 rings (SSSR count). The zero-order valence-electron chi connectivity index (χ0n) is 13.0. The van der Waals surface area contributed by atoms with E-state index in [1.807, 2.05) is 0 Å². The summed E-state index contributed by atoms with van der Waals surface area (Å²) in [7, 11) is -2.95. The van der Waals surface area contributed by atoms with Crippen LogP contribution in [0.15, 0.2) is 0 Å². The van der Waals surface area contributed by atoms with Crippen molar-refractivity contribution in [1.82, 2.24) is 10.2 Å². The van der Waals surface area contributed by atoms with Crippen LogP contribution in [0.4, 0.5) is 4.79 Å². The lowest BCUT2D eigenvalue weighted by Gasteiger charge is -2.31. The molecule has 5 nitrogen and oxygen atoms in total. The van der Waals surface area contributed by atoms with E-state index >= 15 is 0 Å². The van der Waals surface area contributed by atoms with Gasteiger partial charge in [-0.2, -0.15) is 0 Å². The van der Waals surface area contributed by atoms with Gasteiger partial charge in [-0.25, -0.2) is 13.2 Å². The first-order chi connectivity index (χ1) is 10.0. The Bertz CT molecular complexity index is 444. The molecule has 1 atom stereocenters. The van der Waals surface area contributed by atoms with Crippen molar-refractivity contribution in [3.63, 3.8) is 0 Å². The van der Waals surface area contributed by atoms with Crippen LogP contribution in [0.5, 0.6) is 0 Å². The molecule has 0 aromatic rings. The number of hydrogen-bond acceptors (Lipinski definition) is 3. The minimum Gasteiger partial charge on any atom is -0.335 e. The number of nitrogens with zero attached hydrogens (tertiary/aromatic N) is 1. The van der Waals surface area contributed by atoms with Crippen molar-refractivity contribution in [3.05, 3.63) is 0 Å². The number of nitrogens with one attached hydrogen (secondary N) is 1. The van der Waals surface area contributed by atoms with Crippen LogP contribution in [-0.4, -0.2) is 49.5 Å². The van der Waals surface area contributed by atoms with Crippen molar-refractivity contribution in [3.8, 4) is 0 Å².